The Morgan fingerprint density at radius 2 is 1.83 bits per heavy atom. The molecule has 0 unspecified atom stereocenters. The van der Waals surface area contributed by atoms with Crippen LogP contribution in [0.5, 0.6) is 0 Å². The number of benzene rings is 2. The van der Waals surface area contributed by atoms with E-state index in [2.05, 4.69) is 5.32 Å². The topological polar surface area (TPSA) is 90.3 Å². The van der Waals surface area contributed by atoms with Crippen LogP contribution in [0.25, 0.3) is 0 Å². The molecule has 0 bridgehead atoms. The summed E-state index contributed by atoms with van der Waals surface area (Å²) in [7, 11) is -2.69. The summed E-state index contributed by atoms with van der Waals surface area (Å²) in [6.07, 6.45) is 0. The number of likely N-dealkylation sites (N-methyl/N-ethyl adjacent to an activating group) is 1. The summed E-state index contributed by atoms with van der Waals surface area (Å²) in [5.74, 6) is -0.538. The second kappa shape index (κ2) is 7.45. The number of hydrogen-bond donors (Lipinski definition) is 1. The highest BCUT2D eigenvalue weighted by Gasteiger charge is 2.25. The number of sulfonamides is 1. The smallest absolute Gasteiger partial charge is 0.244 e. The molecule has 24 heavy (non-hydrogen) atoms. The summed E-state index contributed by atoms with van der Waals surface area (Å²) >= 11 is 5.95. The third-order valence-electron chi connectivity index (χ3n) is 3.21. The van der Waals surface area contributed by atoms with Crippen molar-refractivity contribution in [1.82, 2.24) is 4.31 Å². The molecule has 1 N–H and O–H groups in total. The maximum atomic E-state index is 12.5. The van der Waals surface area contributed by atoms with Gasteiger partial charge in [-0.25, -0.2) is 8.42 Å². The van der Waals surface area contributed by atoms with Gasteiger partial charge in [0.15, 0.2) is 0 Å². The van der Waals surface area contributed by atoms with Gasteiger partial charge in [-0.3, -0.25) is 4.79 Å². The Kier molecular flexibility index (Phi) is 5.57. The van der Waals surface area contributed by atoms with E-state index in [4.69, 9.17) is 16.9 Å². The van der Waals surface area contributed by atoms with Crippen LogP contribution >= 0.6 is 11.6 Å². The summed E-state index contributed by atoms with van der Waals surface area (Å²) in [6, 6.07) is 14.3. The lowest BCUT2D eigenvalue weighted by molar-refractivity contribution is -0.116. The summed E-state index contributed by atoms with van der Waals surface area (Å²) in [6.45, 7) is -0.409. The standard InChI is InChI=1S/C16H14ClN3O3S/c1-20(11-16(21)19-14-8-4-3-7-13(14)17)24(22,23)15-9-5-2-6-12(15)10-18/h2-9H,11H2,1H3,(H,19,21). The van der Waals surface area contributed by atoms with E-state index in [1.807, 2.05) is 6.07 Å². The van der Waals surface area contributed by atoms with Gasteiger partial charge in [0.1, 0.15) is 6.07 Å². The summed E-state index contributed by atoms with van der Waals surface area (Å²) in [5, 5.41) is 11.9. The van der Waals surface area contributed by atoms with Gasteiger partial charge in [-0.15, -0.1) is 0 Å². The van der Waals surface area contributed by atoms with Crippen LogP contribution in [0, 0.1) is 11.3 Å². The van der Waals surface area contributed by atoms with E-state index in [9.17, 15) is 13.2 Å². The number of nitrogens with zero attached hydrogens (tertiary/aromatic N) is 2. The number of nitriles is 1. The van der Waals surface area contributed by atoms with E-state index in [0.717, 1.165) is 4.31 Å². The molecule has 2 aromatic rings. The predicted molar refractivity (Wildman–Crippen MR) is 91.1 cm³/mol. The van der Waals surface area contributed by atoms with Crippen molar-refractivity contribution in [2.24, 2.45) is 0 Å². The average molecular weight is 364 g/mol. The minimum atomic E-state index is -3.96. The number of rotatable bonds is 5. The van der Waals surface area contributed by atoms with Crippen molar-refractivity contribution in [3.8, 4) is 6.07 Å². The fraction of sp³-hybridized carbons (Fsp3) is 0.125. The van der Waals surface area contributed by atoms with Crippen molar-refractivity contribution in [3.05, 3.63) is 59.1 Å². The molecule has 0 aliphatic carbocycles. The highest BCUT2D eigenvalue weighted by molar-refractivity contribution is 7.89. The molecule has 0 fully saturated rings. The zero-order valence-corrected chi connectivity index (χ0v) is 14.3. The highest BCUT2D eigenvalue weighted by atomic mass is 35.5. The van der Waals surface area contributed by atoms with Crippen molar-refractivity contribution in [2.45, 2.75) is 4.90 Å². The molecule has 0 heterocycles. The maximum Gasteiger partial charge on any atom is 0.244 e. The van der Waals surface area contributed by atoms with Gasteiger partial charge < -0.3 is 5.32 Å². The highest BCUT2D eigenvalue weighted by Crippen LogP contribution is 2.21. The number of amides is 1. The molecule has 8 heteroatoms. The van der Waals surface area contributed by atoms with Gasteiger partial charge in [0.2, 0.25) is 15.9 Å². The van der Waals surface area contributed by atoms with Crippen molar-refractivity contribution < 1.29 is 13.2 Å². The lowest BCUT2D eigenvalue weighted by Crippen LogP contribution is -2.35. The fourth-order valence-electron chi connectivity index (χ4n) is 1.99. The van der Waals surface area contributed by atoms with Gasteiger partial charge in [-0.2, -0.15) is 9.57 Å². The molecule has 0 saturated carbocycles. The SMILES string of the molecule is CN(CC(=O)Nc1ccccc1Cl)S(=O)(=O)c1ccccc1C#N. The van der Waals surface area contributed by atoms with Crippen molar-refractivity contribution in [1.29, 1.82) is 5.26 Å². The van der Waals surface area contributed by atoms with Crippen LogP contribution in [0.15, 0.2) is 53.4 Å². The monoisotopic (exact) mass is 363 g/mol. The van der Waals surface area contributed by atoms with Crippen molar-refractivity contribution in [3.63, 3.8) is 0 Å². The Morgan fingerprint density at radius 1 is 1.21 bits per heavy atom. The van der Waals surface area contributed by atoms with Gasteiger partial charge >= 0.3 is 0 Å². The number of para-hydroxylation sites is 1. The van der Waals surface area contributed by atoms with E-state index in [-0.39, 0.29) is 10.5 Å². The van der Waals surface area contributed by atoms with Gasteiger partial charge in [0.05, 0.1) is 27.7 Å². The maximum absolute atomic E-state index is 12.5. The Labute approximate surface area is 145 Å². The Hall–Kier alpha value is -2.40. The first-order valence-electron chi connectivity index (χ1n) is 6.86. The van der Waals surface area contributed by atoms with Crippen molar-refractivity contribution >= 4 is 33.2 Å². The molecule has 2 rings (SSSR count). The molecule has 0 aromatic heterocycles. The quantitative estimate of drug-likeness (QED) is 0.883. The van der Waals surface area contributed by atoms with E-state index in [0.29, 0.717) is 10.7 Å². The van der Waals surface area contributed by atoms with Crippen LogP contribution in [-0.2, 0) is 14.8 Å². The second-order valence-corrected chi connectivity index (χ2v) is 7.32. The third kappa shape index (κ3) is 3.92. The molecule has 0 atom stereocenters. The number of anilines is 1. The first-order chi connectivity index (χ1) is 11.4. The zero-order chi connectivity index (χ0) is 17.7. The number of halogens is 1. The first kappa shape index (κ1) is 17.9. The van der Waals surface area contributed by atoms with Crippen LogP contribution in [0.3, 0.4) is 0 Å². The summed E-state index contributed by atoms with van der Waals surface area (Å²) in [5.41, 5.74) is 0.420. The molecule has 6 nitrogen and oxygen atoms in total. The zero-order valence-electron chi connectivity index (χ0n) is 12.7. The van der Waals surface area contributed by atoms with E-state index in [1.165, 1.54) is 25.2 Å². The molecule has 0 radical (unpaired) electrons. The van der Waals surface area contributed by atoms with Gasteiger partial charge in [0, 0.05) is 7.05 Å². The summed E-state index contributed by atoms with van der Waals surface area (Å²) in [4.78, 5) is 11.9. The van der Waals surface area contributed by atoms with E-state index in [1.54, 1.807) is 30.3 Å². The Morgan fingerprint density at radius 3 is 2.50 bits per heavy atom. The Bertz CT molecular complexity index is 907. The summed E-state index contributed by atoms with van der Waals surface area (Å²) < 4.78 is 26.0. The van der Waals surface area contributed by atoms with Crippen LogP contribution in [0.2, 0.25) is 5.02 Å². The predicted octanol–water partition coefficient (Wildman–Crippen LogP) is 2.47. The molecule has 0 aliphatic heterocycles. The molecular weight excluding hydrogens is 350 g/mol. The first-order valence-corrected chi connectivity index (χ1v) is 8.68. The van der Waals surface area contributed by atoms with E-state index >= 15 is 0 Å². The van der Waals surface area contributed by atoms with Gasteiger partial charge in [-0.05, 0) is 24.3 Å². The Balaban J connectivity index is 2.17. The van der Waals surface area contributed by atoms with Crippen LogP contribution < -0.4 is 5.32 Å². The second-order valence-electron chi connectivity index (χ2n) is 4.90. The molecule has 1 amide bonds. The minimum absolute atomic E-state index is 0.0239. The molecular formula is C16H14ClN3O3S. The van der Waals surface area contributed by atoms with Crippen LogP contribution in [0.1, 0.15) is 5.56 Å². The fourth-order valence-corrected chi connectivity index (χ4v) is 3.44. The largest absolute Gasteiger partial charge is 0.324 e. The molecule has 0 saturated heterocycles. The van der Waals surface area contributed by atoms with Crippen LogP contribution in [0.4, 0.5) is 5.69 Å². The molecule has 0 aliphatic rings. The number of carbonyl (C=O) groups excluding carboxylic acids is 1. The van der Waals surface area contributed by atoms with Crippen LogP contribution in [-0.4, -0.2) is 32.2 Å². The van der Waals surface area contributed by atoms with E-state index < -0.39 is 22.5 Å². The normalized spacial score (nSPS) is 11.1. The van der Waals surface area contributed by atoms with Gasteiger partial charge in [0.25, 0.3) is 0 Å². The average Bonchev–Trinajstić information content (AvgIpc) is 2.56. The van der Waals surface area contributed by atoms with Gasteiger partial charge in [-0.1, -0.05) is 35.9 Å². The number of hydrogen-bond acceptors (Lipinski definition) is 4. The van der Waals surface area contributed by atoms with Crippen molar-refractivity contribution in [2.75, 3.05) is 18.9 Å². The molecule has 0 spiro atoms. The number of carbonyl (C=O) groups is 1. The lowest BCUT2D eigenvalue weighted by Gasteiger charge is -2.17. The third-order valence-corrected chi connectivity index (χ3v) is 5.40. The molecule has 124 valence electrons. The number of nitrogens with one attached hydrogen (secondary N) is 1. The lowest BCUT2D eigenvalue weighted by atomic mass is 10.2. The molecule has 2 aromatic carbocycles. The minimum Gasteiger partial charge on any atom is -0.324 e.